The Hall–Kier alpha value is -1.75. The topological polar surface area (TPSA) is 36.1 Å². The van der Waals surface area contributed by atoms with Gasteiger partial charge < -0.3 is 0 Å². The van der Waals surface area contributed by atoms with E-state index >= 15 is 0 Å². The van der Waals surface area contributed by atoms with E-state index in [1.165, 1.54) is 0 Å². The molecule has 0 N–H and O–H groups in total. The van der Waals surface area contributed by atoms with Gasteiger partial charge in [-0.05, 0) is 18.3 Å². The summed E-state index contributed by atoms with van der Waals surface area (Å²) in [6.45, 7) is 0. The Morgan fingerprint density at radius 3 is 2.93 bits per heavy atom. The van der Waals surface area contributed by atoms with Crippen LogP contribution in [-0.2, 0) is 0 Å². The van der Waals surface area contributed by atoms with Gasteiger partial charge in [0.2, 0.25) is 0 Å². The summed E-state index contributed by atoms with van der Waals surface area (Å²) in [6.07, 6.45) is 4.04. The van der Waals surface area contributed by atoms with Gasteiger partial charge in [-0.3, -0.25) is 0 Å². The second-order valence-corrected chi connectivity index (χ2v) is 2.71. The zero-order chi connectivity index (χ0) is 10.2. The molecule has 0 fully saturated rings. The molecule has 1 aromatic rings. The van der Waals surface area contributed by atoms with Crippen LogP contribution in [0.1, 0.15) is 12.0 Å². The molecule has 14 heavy (non-hydrogen) atoms. The molecule has 0 aromatic heterocycles. The van der Waals surface area contributed by atoms with Gasteiger partial charge in [-0.2, -0.15) is 10.3 Å². The highest BCUT2D eigenvalue weighted by atomic mass is 32.1. The normalized spacial score (nSPS) is 9.36. The first-order valence-electron chi connectivity index (χ1n) is 4.09. The molecule has 2 nitrogen and oxygen atoms in total. The number of para-hydroxylation sites is 1. The monoisotopic (exact) mass is 200 g/mol. The lowest BCUT2D eigenvalue weighted by molar-refractivity contribution is 1.36. The maximum absolute atomic E-state index is 8.36. The van der Waals surface area contributed by atoms with Gasteiger partial charge in [0.15, 0.2) is 0 Å². The number of isothiocyanates is 1. The number of nitriles is 1. The van der Waals surface area contributed by atoms with E-state index in [1.54, 1.807) is 6.08 Å². The molecule has 0 amide bonds. The second-order valence-electron chi connectivity index (χ2n) is 2.53. The number of allylic oxidation sites excluding steroid dienone is 1. The summed E-state index contributed by atoms with van der Waals surface area (Å²) in [7, 11) is 0. The quantitative estimate of drug-likeness (QED) is 0.554. The zero-order valence-electron chi connectivity index (χ0n) is 7.47. The Labute approximate surface area is 88.2 Å². The molecule has 0 aliphatic heterocycles. The Balaban J connectivity index is 2.96. The molecule has 1 aromatic carbocycles. The standard InChI is InChI=1S/C11H8N2S/c12-8-4-3-6-10-5-1-2-7-11(10)13-9-14/h1-3,5-7H,4H2. The van der Waals surface area contributed by atoms with Gasteiger partial charge in [0.1, 0.15) is 0 Å². The number of thiocarbonyl (C=S) groups is 1. The number of hydrogen-bond acceptors (Lipinski definition) is 3. The molecule has 0 saturated carbocycles. The van der Waals surface area contributed by atoms with E-state index in [0.29, 0.717) is 6.42 Å². The summed E-state index contributed by atoms with van der Waals surface area (Å²) in [4.78, 5) is 3.92. The summed E-state index contributed by atoms with van der Waals surface area (Å²) < 4.78 is 0. The van der Waals surface area contributed by atoms with Gasteiger partial charge in [-0.25, -0.2) is 0 Å². The third kappa shape index (κ3) is 2.95. The number of hydrogen-bond donors (Lipinski definition) is 0. The Bertz CT molecular complexity index is 423. The molecule has 0 radical (unpaired) electrons. The molecule has 0 heterocycles. The van der Waals surface area contributed by atoms with E-state index in [4.69, 9.17) is 5.26 Å². The maximum Gasteiger partial charge on any atom is 0.0811 e. The van der Waals surface area contributed by atoms with Crippen molar-refractivity contribution in [2.24, 2.45) is 4.99 Å². The van der Waals surface area contributed by atoms with Crippen LogP contribution in [-0.4, -0.2) is 5.16 Å². The highest BCUT2D eigenvalue weighted by molar-refractivity contribution is 7.78. The van der Waals surface area contributed by atoms with Gasteiger partial charge in [0.25, 0.3) is 0 Å². The fourth-order valence-corrected chi connectivity index (χ4v) is 1.12. The lowest BCUT2D eigenvalue weighted by atomic mass is 10.1. The average Bonchev–Trinajstić information content (AvgIpc) is 2.21. The number of nitrogens with zero attached hydrogens (tertiary/aromatic N) is 2. The van der Waals surface area contributed by atoms with Crippen molar-refractivity contribution in [3.8, 4) is 6.07 Å². The highest BCUT2D eigenvalue weighted by Gasteiger charge is 1.93. The van der Waals surface area contributed by atoms with Crippen molar-refractivity contribution in [3.05, 3.63) is 35.9 Å². The molecule has 0 spiro atoms. The highest BCUT2D eigenvalue weighted by Crippen LogP contribution is 2.19. The van der Waals surface area contributed by atoms with E-state index in [-0.39, 0.29) is 0 Å². The molecule has 3 heteroatoms. The van der Waals surface area contributed by atoms with Gasteiger partial charge in [0.05, 0.1) is 23.3 Å². The minimum absolute atomic E-state index is 0.398. The molecule has 0 saturated heterocycles. The third-order valence-corrected chi connectivity index (χ3v) is 1.70. The SMILES string of the molecule is N#CCC=Cc1ccccc1N=C=S. The molecule has 0 atom stereocenters. The Morgan fingerprint density at radius 2 is 2.21 bits per heavy atom. The number of benzene rings is 1. The molecule has 0 bridgehead atoms. The van der Waals surface area contributed by atoms with Crippen molar-refractivity contribution < 1.29 is 0 Å². The smallest absolute Gasteiger partial charge is 0.0811 e. The minimum atomic E-state index is 0.398. The van der Waals surface area contributed by atoms with Crippen molar-refractivity contribution >= 4 is 29.1 Å². The summed E-state index contributed by atoms with van der Waals surface area (Å²) in [5, 5.41) is 10.7. The molecule has 1 rings (SSSR count). The zero-order valence-corrected chi connectivity index (χ0v) is 8.29. The lowest BCUT2D eigenvalue weighted by Crippen LogP contribution is -1.72. The van der Waals surface area contributed by atoms with Crippen LogP contribution in [0.4, 0.5) is 5.69 Å². The first-order valence-corrected chi connectivity index (χ1v) is 4.49. The van der Waals surface area contributed by atoms with E-state index in [2.05, 4.69) is 22.4 Å². The lowest BCUT2D eigenvalue weighted by Gasteiger charge is -1.96. The van der Waals surface area contributed by atoms with Gasteiger partial charge in [0, 0.05) is 5.56 Å². The Morgan fingerprint density at radius 1 is 1.43 bits per heavy atom. The fraction of sp³-hybridized carbons (Fsp3) is 0.0909. The molecule has 0 aliphatic carbocycles. The summed E-state index contributed by atoms with van der Waals surface area (Å²) in [5.74, 6) is 0. The van der Waals surface area contributed by atoms with E-state index < -0.39 is 0 Å². The van der Waals surface area contributed by atoms with Crippen LogP contribution in [0.5, 0.6) is 0 Å². The van der Waals surface area contributed by atoms with Gasteiger partial charge >= 0.3 is 0 Å². The predicted molar refractivity (Wildman–Crippen MR) is 60.4 cm³/mol. The first kappa shape index (κ1) is 10.3. The average molecular weight is 200 g/mol. The van der Waals surface area contributed by atoms with Gasteiger partial charge in [-0.1, -0.05) is 30.4 Å². The molecule has 0 aliphatic rings. The largest absolute Gasteiger partial charge is 0.198 e. The predicted octanol–water partition coefficient (Wildman–Crippen LogP) is 3.35. The summed E-state index contributed by atoms with van der Waals surface area (Å²) in [5.41, 5.74) is 1.72. The van der Waals surface area contributed by atoms with Crippen LogP contribution in [0.3, 0.4) is 0 Å². The van der Waals surface area contributed by atoms with Crippen molar-refractivity contribution in [1.82, 2.24) is 0 Å². The van der Waals surface area contributed by atoms with Crippen LogP contribution < -0.4 is 0 Å². The van der Waals surface area contributed by atoms with Crippen LogP contribution in [0.2, 0.25) is 0 Å². The maximum atomic E-state index is 8.36. The molecular formula is C11H8N2S. The summed E-state index contributed by atoms with van der Waals surface area (Å²) in [6, 6.07) is 9.60. The van der Waals surface area contributed by atoms with Gasteiger partial charge in [-0.15, -0.1) is 0 Å². The third-order valence-electron chi connectivity index (χ3n) is 1.61. The molecular weight excluding hydrogens is 192 g/mol. The molecule has 68 valence electrons. The van der Waals surface area contributed by atoms with E-state index in [1.807, 2.05) is 36.4 Å². The second kappa shape index (κ2) is 5.82. The van der Waals surface area contributed by atoms with Crippen molar-refractivity contribution in [2.45, 2.75) is 6.42 Å². The van der Waals surface area contributed by atoms with Crippen LogP contribution in [0.25, 0.3) is 6.08 Å². The minimum Gasteiger partial charge on any atom is -0.198 e. The number of rotatable bonds is 3. The van der Waals surface area contributed by atoms with E-state index in [9.17, 15) is 0 Å². The van der Waals surface area contributed by atoms with Crippen molar-refractivity contribution in [1.29, 1.82) is 5.26 Å². The number of aliphatic imine (C=N–C) groups is 1. The van der Waals surface area contributed by atoms with Crippen LogP contribution in [0.15, 0.2) is 35.3 Å². The Kier molecular flexibility index (Phi) is 4.30. The van der Waals surface area contributed by atoms with Crippen LogP contribution >= 0.6 is 12.2 Å². The van der Waals surface area contributed by atoms with Crippen LogP contribution in [0, 0.1) is 11.3 Å². The van der Waals surface area contributed by atoms with Crippen molar-refractivity contribution in [2.75, 3.05) is 0 Å². The van der Waals surface area contributed by atoms with Crippen molar-refractivity contribution in [3.63, 3.8) is 0 Å². The fourth-order valence-electron chi connectivity index (χ4n) is 1.02. The first-order chi connectivity index (χ1) is 6.88. The van der Waals surface area contributed by atoms with E-state index in [0.717, 1.165) is 11.3 Å². The summed E-state index contributed by atoms with van der Waals surface area (Å²) >= 11 is 4.54. The molecule has 0 unspecified atom stereocenters.